The van der Waals surface area contributed by atoms with Gasteiger partial charge in [-0.15, -0.1) is 6.58 Å². The van der Waals surface area contributed by atoms with E-state index in [1.165, 1.54) is 82.6 Å². The van der Waals surface area contributed by atoms with Gasteiger partial charge in [0.25, 0.3) is 0 Å². The van der Waals surface area contributed by atoms with Crippen LogP contribution in [0, 0.1) is 35.5 Å². The molecule has 0 aromatic heterocycles. The summed E-state index contributed by atoms with van der Waals surface area (Å²) in [4.78, 5) is 0. The molecule has 2 aliphatic rings. The molecule has 0 radical (unpaired) electrons. The minimum atomic E-state index is 0.680. The van der Waals surface area contributed by atoms with Crippen LogP contribution in [0.3, 0.4) is 0 Å². The van der Waals surface area contributed by atoms with E-state index in [1.54, 1.807) is 0 Å². The lowest BCUT2D eigenvalue weighted by Gasteiger charge is -2.37. The SMILES string of the molecule is C=CCCC1CCC(C(CC)CC2CCC(C(C)/C=C/COCc3ccccc3)CC2)CC1. The average molecular weight is 451 g/mol. The maximum Gasteiger partial charge on any atom is 0.0721 e. The maximum absolute atomic E-state index is 5.82. The fourth-order valence-corrected chi connectivity index (χ4v) is 6.62. The molecule has 2 saturated carbocycles. The lowest BCUT2D eigenvalue weighted by Crippen LogP contribution is -2.26. The van der Waals surface area contributed by atoms with E-state index in [1.807, 2.05) is 0 Å². The Kier molecular flexibility index (Phi) is 11.8. The summed E-state index contributed by atoms with van der Waals surface area (Å²) in [6.07, 6.45) is 23.9. The van der Waals surface area contributed by atoms with E-state index in [-0.39, 0.29) is 0 Å². The minimum absolute atomic E-state index is 0.680. The second-order valence-electron chi connectivity index (χ2n) is 11.1. The number of rotatable bonds is 13. The Morgan fingerprint density at radius 3 is 2.27 bits per heavy atom. The van der Waals surface area contributed by atoms with Gasteiger partial charge in [-0.1, -0.05) is 94.5 Å². The highest BCUT2D eigenvalue weighted by molar-refractivity contribution is 5.13. The summed E-state index contributed by atoms with van der Waals surface area (Å²) >= 11 is 0. The van der Waals surface area contributed by atoms with Crippen LogP contribution in [0.15, 0.2) is 55.1 Å². The van der Waals surface area contributed by atoms with E-state index in [0.717, 1.165) is 36.2 Å². The van der Waals surface area contributed by atoms with Crippen LogP contribution in [-0.4, -0.2) is 6.61 Å². The minimum Gasteiger partial charge on any atom is -0.373 e. The zero-order valence-corrected chi connectivity index (χ0v) is 21.6. The second-order valence-corrected chi connectivity index (χ2v) is 11.1. The molecule has 0 bridgehead atoms. The molecule has 0 saturated heterocycles. The third-order valence-corrected chi connectivity index (χ3v) is 8.90. The zero-order chi connectivity index (χ0) is 23.3. The zero-order valence-electron chi connectivity index (χ0n) is 21.6. The number of ether oxygens (including phenoxy) is 1. The summed E-state index contributed by atoms with van der Waals surface area (Å²) in [6, 6.07) is 10.5. The molecule has 0 amide bonds. The second kappa shape index (κ2) is 14.8. The fraction of sp³-hybridized carbons (Fsp3) is 0.688. The molecule has 184 valence electrons. The lowest BCUT2D eigenvalue weighted by molar-refractivity contribution is 0.142. The van der Waals surface area contributed by atoms with Crippen molar-refractivity contribution in [3.05, 3.63) is 60.7 Å². The molecule has 2 unspecified atom stereocenters. The standard InChI is InChI=1S/C32H50O/c1-4-6-12-27-15-21-32(22-16-27)30(5-2)24-28-17-19-31(20-18-28)26(3)11-10-23-33-25-29-13-8-7-9-14-29/h4,7-11,13-14,26-28,30-32H,1,5-6,12,15-25H2,2-3H3/b11-10+. The van der Waals surface area contributed by atoms with E-state index in [4.69, 9.17) is 4.74 Å². The van der Waals surface area contributed by atoms with Crippen molar-refractivity contribution in [3.8, 4) is 0 Å². The first-order valence-corrected chi connectivity index (χ1v) is 14.1. The molecule has 0 spiro atoms. The molecule has 0 heterocycles. The van der Waals surface area contributed by atoms with Crippen molar-refractivity contribution >= 4 is 0 Å². The van der Waals surface area contributed by atoms with Gasteiger partial charge < -0.3 is 4.74 Å². The summed E-state index contributed by atoms with van der Waals surface area (Å²) in [5, 5.41) is 0. The van der Waals surface area contributed by atoms with Gasteiger partial charge >= 0.3 is 0 Å². The van der Waals surface area contributed by atoms with Crippen molar-refractivity contribution in [2.45, 2.75) is 97.5 Å². The smallest absolute Gasteiger partial charge is 0.0721 e. The summed E-state index contributed by atoms with van der Waals surface area (Å²) in [6.45, 7) is 10.2. The maximum atomic E-state index is 5.82. The van der Waals surface area contributed by atoms with E-state index >= 15 is 0 Å². The predicted octanol–water partition coefficient (Wildman–Crippen LogP) is 9.39. The third-order valence-electron chi connectivity index (χ3n) is 8.90. The Morgan fingerprint density at radius 2 is 1.61 bits per heavy atom. The van der Waals surface area contributed by atoms with E-state index in [2.05, 4.69) is 69.0 Å². The van der Waals surface area contributed by atoms with E-state index in [0.29, 0.717) is 12.5 Å². The lowest BCUT2D eigenvalue weighted by atomic mass is 9.68. The quantitative estimate of drug-likeness (QED) is 0.215. The van der Waals surface area contributed by atoms with Gasteiger partial charge in [-0.25, -0.2) is 0 Å². The first-order valence-electron chi connectivity index (χ1n) is 14.1. The van der Waals surface area contributed by atoms with Crippen LogP contribution in [0.2, 0.25) is 0 Å². The van der Waals surface area contributed by atoms with Crippen molar-refractivity contribution in [2.75, 3.05) is 6.61 Å². The Hall–Kier alpha value is -1.34. The van der Waals surface area contributed by atoms with Gasteiger partial charge in [0.15, 0.2) is 0 Å². The molecule has 33 heavy (non-hydrogen) atoms. The highest BCUT2D eigenvalue weighted by atomic mass is 16.5. The Bertz CT molecular complexity index is 661. The summed E-state index contributed by atoms with van der Waals surface area (Å²) in [5.41, 5.74) is 1.25. The number of hydrogen-bond donors (Lipinski definition) is 0. The monoisotopic (exact) mass is 450 g/mol. The molecule has 0 N–H and O–H groups in total. The molecular weight excluding hydrogens is 400 g/mol. The summed E-state index contributed by atoms with van der Waals surface area (Å²) in [5.74, 6) is 5.49. The van der Waals surface area contributed by atoms with Gasteiger partial charge in [-0.3, -0.25) is 0 Å². The van der Waals surface area contributed by atoms with Gasteiger partial charge in [-0.2, -0.15) is 0 Å². The Morgan fingerprint density at radius 1 is 0.939 bits per heavy atom. The van der Waals surface area contributed by atoms with Crippen molar-refractivity contribution in [1.29, 1.82) is 0 Å². The molecule has 0 aliphatic heterocycles. The Balaban J connectivity index is 1.31. The highest BCUT2D eigenvalue weighted by Crippen LogP contribution is 2.42. The summed E-state index contributed by atoms with van der Waals surface area (Å²) < 4.78 is 5.82. The number of benzene rings is 1. The molecule has 2 atom stereocenters. The largest absolute Gasteiger partial charge is 0.373 e. The van der Waals surface area contributed by atoms with E-state index in [9.17, 15) is 0 Å². The van der Waals surface area contributed by atoms with Crippen LogP contribution >= 0.6 is 0 Å². The van der Waals surface area contributed by atoms with Crippen LogP contribution in [0.25, 0.3) is 0 Å². The molecule has 1 nitrogen and oxygen atoms in total. The number of hydrogen-bond acceptors (Lipinski definition) is 1. The van der Waals surface area contributed by atoms with Gasteiger partial charge in [0, 0.05) is 0 Å². The van der Waals surface area contributed by atoms with E-state index < -0.39 is 0 Å². The fourth-order valence-electron chi connectivity index (χ4n) is 6.62. The van der Waals surface area contributed by atoms with Crippen LogP contribution < -0.4 is 0 Å². The van der Waals surface area contributed by atoms with Crippen molar-refractivity contribution in [2.24, 2.45) is 35.5 Å². The molecule has 1 aromatic rings. The highest BCUT2D eigenvalue weighted by Gasteiger charge is 2.30. The van der Waals surface area contributed by atoms with Gasteiger partial charge in [0.1, 0.15) is 0 Å². The molecule has 1 aromatic carbocycles. The number of allylic oxidation sites excluding steroid dienone is 2. The normalized spacial score (nSPS) is 27.9. The molecule has 2 fully saturated rings. The van der Waals surface area contributed by atoms with Crippen molar-refractivity contribution < 1.29 is 4.74 Å². The Labute approximate surface area is 205 Å². The first kappa shape index (κ1) is 26.3. The van der Waals surface area contributed by atoms with Gasteiger partial charge in [0.2, 0.25) is 0 Å². The summed E-state index contributed by atoms with van der Waals surface area (Å²) in [7, 11) is 0. The van der Waals surface area contributed by atoms with Crippen LogP contribution in [-0.2, 0) is 11.3 Å². The van der Waals surface area contributed by atoms with Crippen LogP contribution in [0.5, 0.6) is 0 Å². The predicted molar refractivity (Wildman–Crippen MR) is 143 cm³/mol. The molecule has 2 aliphatic carbocycles. The molecule has 3 rings (SSSR count). The molecular formula is C32H50O. The first-order chi connectivity index (χ1) is 16.2. The van der Waals surface area contributed by atoms with Crippen molar-refractivity contribution in [3.63, 3.8) is 0 Å². The average Bonchev–Trinajstić information content (AvgIpc) is 2.87. The van der Waals surface area contributed by atoms with Gasteiger partial charge in [-0.05, 0) is 86.0 Å². The van der Waals surface area contributed by atoms with Crippen molar-refractivity contribution in [1.82, 2.24) is 0 Å². The van der Waals surface area contributed by atoms with Gasteiger partial charge in [0.05, 0.1) is 13.2 Å². The topological polar surface area (TPSA) is 9.23 Å². The van der Waals surface area contributed by atoms with Crippen LogP contribution in [0.4, 0.5) is 0 Å². The third kappa shape index (κ3) is 9.08. The molecule has 1 heteroatoms. The van der Waals surface area contributed by atoms with Crippen LogP contribution in [0.1, 0.15) is 96.5 Å².